The van der Waals surface area contributed by atoms with Gasteiger partial charge in [-0.25, -0.2) is 0 Å². The molecule has 4 nitrogen and oxygen atoms in total. The zero-order valence-electron chi connectivity index (χ0n) is 12.4. The Kier molecular flexibility index (Phi) is 3.68. The topological polar surface area (TPSA) is 49.5 Å². The van der Waals surface area contributed by atoms with Crippen molar-refractivity contribution in [3.8, 4) is 0 Å². The van der Waals surface area contributed by atoms with Gasteiger partial charge in [0, 0.05) is 5.56 Å². The molecule has 0 aromatic heterocycles. The fourth-order valence-corrected chi connectivity index (χ4v) is 3.16. The van der Waals surface area contributed by atoms with E-state index in [0.29, 0.717) is 16.3 Å². The fourth-order valence-electron chi connectivity index (χ4n) is 2.92. The number of hydrogen-bond donors (Lipinski definition) is 1. The average Bonchev–Trinajstić information content (AvgIpc) is 2.67. The van der Waals surface area contributed by atoms with E-state index < -0.39 is 11.7 Å². The molecule has 1 heterocycles. The fraction of sp³-hybridized carbons (Fsp3) is 0.235. The summed E-state index contributed by atoms with van der Waals surface area (Å²) < 4.78 is 0.844. The van der Waals surface area contributed by atoms with Gasteiger partial charge < -0.3 is 10.4 Å². The molecule has 1 atom stereocenters. The Hall–Kier alpha value is -1.88. The molecule has 0 saturated carbocycles. The first-order valence-corrected chi connectivity index (χ1v) is 7.44. The van der Waals surface area contributed by atoms with Crippen LogP contribution < -0.4 is 0 Å². The Labute approximate surface area is 134 Å². The third kappa shape index (κ3) is 2.20. The Morgan fingerprint density at radius 2 is 1.68 bits per heavy atom. The van der Waals surface area contributed by atoms with E-state index in [9.17, 15) is 10.4 Å². The molecule has 22 heavy (non-hydrogen) atoms. The third-order valence-corrected chi connectivity index (χ3v) is 4.40. The van der Waals surface area contributed by atoms with E-state index in [1.807, 2.05) is 44.2 Å². The van der Waals surface area contributed by atoms with Crippen molar-refractivity contribution in [1.82, 2.24) is 5.06 Å². The van der Waals surface area contributed by atoms with Gasteiger partial charge in [-0.15, -0.1) is 5.06 Å². The molecule has 0 spiro atoms. The van der Waals surface area contributed by atoms with E-state index in [1.54, 1.807) is 24.3 Å². The molecule has 0 aliphatic carbocycles. The summed E-state index contributed by atoms with van der Waals surface area (Å²) in [6, 6.07) is 16.4. The minimum atomic E-state index is -0.862. The quantitative estimate of drug-likeness (QED) is 0.677. The maximum atomic E-state index is 12.9. The molecule has 2 aromatic carbocycles. The lowest BCUT2D eigenvalue weighted by Gasteiger charge is -2.26. The van der Waals surface area contributed by atoms with Crippen LogP contribution in [0.2, 0.25) is 5.02 Å². The highest BCUT2D eigenvalue weighted by Gasteiger charge is 2.53. The van der Waals surface area contributed by atoms with Gasteiger partial charge in [0.25, 0.3) is 6.17 Å². The zero-order valence-corrected chi connectivity index (χ0v) is 13.2. The molecule has 3 rings (SSSR count). The van der Waals surface area contributed by atoms with Gasteiger partial charge in [-0.05, 0) is 38.1 Å². The number of hydroxylamine groups is 3. The molecular formula is C17H17ClN2O2. The highest BCUT2D eigenvalue weighted by molar-refractivity contribution is 6.31. The van der Waals surface area contributed by atoms with E-state index >= 15 is 0 Å². The molecule has 0 unspecified atom stereocenters. The minimum Gasteiger partial charge on any atom is -0.622 e. The van der Waals surface area contributed by atoms with Crippen LogP contribution in [0.25, 0.3) is 0 Å². The molecule has 114 valence electrons. The van der Waals surface area contributed by atoms with E-state index in [0.717, 1.165) is 15.4 Å². The predicted molar refractivity (Wildman–Crippen MR) is 86.1 cm³/mol. The van der Waals surface area contributed by atoms with Crippen LogP contribution >= 0.6 is 11.6 Å². The van der Waals surface area contributed by atoms with E-state index in [4.69, 9.17) is 11.6 Å². The van der Waals surface area contributed by atoms with Gasteiger partial charge in [-0.2, -0.15) is 4.74 Å². The van der Waals surface area contributed by atoms with Crippen LogP contribution in [0.5, 0.6) is 0 Å². The van der Waals surface area contributed by atoms with Crippen LogP contribution in [0.3, 0.4) is 0 Å². The first-order chi connectivity index (χ1) is 10.4. The molecule has 0 saturated heterocycles. The normalized spacial score (nSPS) is 21.4. The summed E-state index contributed by atoms with van der Waals surface area (Å²) in [7, 11) is 0. The Balaban J connectivity index is 2.18. The predicted octanol–water partition coefficient (Wildman–Crippen LogP) is 3.82. The van der Waals surface area contributed by atoms with Crippen molar-refractivity contribution in [2.75, 3.05) is 0 Å². The minimum absolute atomic E-state index is 0.456. The number of halogens is 1. The van der Waals surface area contributed by atoms with Crippen molar-refractivity contribution in [1.29, 1.82) is 0 Å². The standard InChI is InChI=1S/C17H17ClN2O2/c1-17(2)15(12-8-4-3-5-9-12)19(21)16(20(17)22)13-10-6-7-11-14(13)18/h3-11,16,22H,1-2H3/t16-/m0/s1. The number of hydrogen-bond acceptors (Lipinski definition) is 3. The number of nitrogens with zero attached hydrogens (tertiary/aromatic N) is 2. The van der Waals surface area contributed by atoms with Gasteiger partial charge in [0.1, 0.15) is 5.54 Å². The number of benzene rings is 2. The summed E-state index contributed by atoms with van der Waals surface area (Å²) in [5, 5.41) is 25.0. The van der Waals surface area contributed by atoms with E-state index in [-0.39, 0.29) is 0 Å². The van der Waals surface area contributed by atoms with Crippen molar-refractivity contribution < 1.29 is 9.95 Å². The second kappa shape index (κ2) is 5.39. The van der Waals surface area contributed by atoms with Gasteiger partial charge in [-0.3, -0.25) is 0 Å². The molecule has 0 fully saturated rings. The smallest absolute Gasteiger partial charge is 0.269 e. The largest absolute Gasteiger partial charge is 0.622 e. The summed E-state index contributed by atoms with van der Waals surface area (Å²) in [6.07, 6.45) is -0.862. The van der Waals surface area contributed by atoms with Crippen LogP contribution in [-0.2, 0) is 0 Å². The van der Waals surface area contributed by atoms with Crippen LogP contribution in [-0.4, -0.2) is 26.3 Å². The lowest BCUT2D eigenvalue weighted by atomic mass is 9.93. The van der Waals surface area contributed by atoms with Crippen molar-refractivity contribution >= 4 is 17.3 Å². The lowest BCUT2D eigenvalue weighted by molar-refractivity contribution is -0.544. The van der Waals surface area contributed by atoms with E-state index in [1.165, 1.54) is 0 Å². The van der Waals surface area contributed by atoms with Crippen molar-refractivity contribution in [3.63, 3.8) is 0 Å². The van der Waals surface area contributed by atoms with Gasteiger partial charge in [0.15, 0.2) is 0 Å². The van der Waals surface area contributed by atoms with Crippen molar-refractivity contribution in [3.05, 3.63) is 76.0 Å². The second-order valence-electron chi connectivity index (χ2n) is 5.84. The van der Waals surface area contributed by atoms with Gasteiger partial charge in [0.05, 0.1) is 10.6 Å². The average molecular weight is 317 g/mol. The molecule has 2 aromatic rings. The maximum absolute atomic E-state index is 12.9. The first kappa shape index (κ1) is 15.0. The Morgan fingerprint density at radius 3 is 2.32 bits per heavy atom. The molecule has 5 heteroatoms. The molecule has 0 bridgehead atoms. The molecule has 0 amide bonds. The monoisotopic (exact) mass is 316 g/mol. The molecule has 0 radical (unpaired) electrons. The molecule has 1 N–H and O–H groups in total. The molecule has 1 aliphatic heterocycles. The highest BCUT2D eigenvalue weighted by Crippen LogP contribution is 2.38. The van der Waals surface area contributed by atoms with Crippen LogP contribution in [0, 0.1) is 5.21 Å². The van der Waals surface area contributed by atoms with E-state index in [2.05, 4.69) is 0 Å². The summed E-state index contributed by atoms with van der Waals surface area (Å²) in [5.74, 6) is 0. The second-order valence-corrected chi connectivity index (χ2v) is 6.25. The van der Waals surface area contributed by atoms with Gasteiger partial charge in [0.2, 0.25) is 5.71 Å². The van der Waals surface area contributed by atoms with Gasteiger partial charge in [-0.1, -0.05) is 41.9 Å². The maximum Gasteiger partial charge on any atom is 0.269 e. The highest BCUT2D eigenvalue weighted by atomic mass is 35.5. The summed E-state index contributed by atoms with van der Waals surface area (Å²) in [4.78, 5) is 0. The Bertz CT molecular complexity index is 728. The molecular weight excluding hydrogens is 300 g/mol. The SMILES string of the molecule is CC1(C)C(c2ccccc2)=[N+]([O-])[C@H](c2ccccc2Cl)N1O. The first-order valence-electron chi connectivity index (χ1n) is 7.06. The van der Waals surface area contributed by atoms with Crippen LogP contribution in [0.1, 0.15) is 31.1 Å². The van der Waals surface area contributed by atoms with Crippen LogP contribution in [0.4, 0.5) is 0 Å². The molecule has 1 aliphatic rings. The summed E-state index contributed by atoms with van der Waals surface area (Å²) in [6.45, 7) is 3.63. The van der Waals surface area contributed by atoms with Crippen molar-refractivity contribution in [2.45, 2.75) is 25.6 Å². The summed E-state index contributed by atoms with van der Waals surface area (Å²) >= 11 is 6.21. The van der Waals surface area contributed by atoms with Gasteiger partial charge >= 0.3 is 0 Å². The number of rotatable bonds is 2. The summed E-state index contributed by atoms with van der Waals surface area (Å²) in [5.41, 5.74) is 1.06. The Morgan fingerprint density at radius 1 is 1.09 bits per heavy atom. The van der Waals surface area contributed by atoms with Crippen molar-refractivity contribution in [2.24, 2.45) is 0 Å². The lowest BCUT2D eigenvalue weighted by Crippen LogP contribution is -2.44. The van der Waals surface area contributed by atoms with Crippen LogP contribution in [0.15, 0.2) is 54.6 Å². The third-order valence-electron chi connectivity index (χ3n) is 4.06. The zero-order chi connectivity index (χ0) is 15.9.